The molecule has 1 atom stereocenters. The Morgan fingerprint density at radius 1 is 1.62 bits per heavy atom. The summed E-state index contributed by atoms with van der Waals surface area (Å²) >= 11 is 2.33. The maximum absolute atomic E-state index is 10.6. The SMILES string of the molecule is CC(I)Cc1cccc(C(=O)O)c1. The van der Waals surface area contributed by atoms with Crippen LogP contribution in [0.15, 0.2) is 24.3 Å². The van der Waals surface area contributed by atoms with Crippen LogP contribution in [0.25, 0.3) is 0 Å². The molecule has 1 rings (SSSR count). The van der Waals surface area contributed by atoms with E-state index in [0.29, 0.717) is 9.49 Å². The first-order chi connectivity index (χ1) is 6.09. The van der Waals surface area contributed by atoms with Gasteiger partial charge in [-0.2, -0.15) is 0 Å². The standard InChI is InChI=1S/C10H11IO2/c1-7(11)5-8-3-2-4-9(6-8)10(12)13/h2-4,6-7H,5H2,1H3,(H,12,13). The zero-order valence-electron chi connectivity index (χ0n) is 7.33. The van der Waals surface area contributed by atoms with Crippen LogP contribution in [0.2, 0.25) is 0 Å². The summed E-state index contributed by atoms with van der Waals surface area (Å²) in [5.74, 6) is -0.858. The molecule has 70 valence electrons. The molecule has 0 aliphatic rings. The Kier molecular flexibility index (Phi) is 3.71. The minimum atomic E-state index is -0.858. The first kappa shape index (κ1) is 10.5. The molecule has 1 aromatic rings. The first-order valence-corrected chi connectivity index (χ1v) is 5.30. The van der Waals surface area contributed by atoms with Crippen molar-refractivity contribution in [1.29, 1.82) is 0 Å². The number of hydrogen-bond donors (Lipinski definition) is 1. The van der Waals surface area contributed by atoms with Crippen molar-refractivity contribution >= 4 is 28.6 Å². The Labute approximate surface area is 91.1 Å². The van der Waals surface area contributed by atoms with Crippen LogP contribution in [-0.2, 0) is 6.42 Å². The highest BCUT2D eigenvalue weighted by Crippen LogP contribution is 2.11. The van der Waals surface area contributed by atoms with Crippen molar-refractivity contribution in [3.63, 3.8) is 0 Å². The maximum Gasteiger partial charge on any atom is 0.335 e. The third-order valence-corrected chi connectivity index (χ3v) is 2.13. The van der Waals surface area contributed by atoms with Gasteiger partial charge in [0.05, 0.1) is 5.56 Å². The fourth-order valence-corrected chi connectivity index (χ4v) is 1.66. The second kappa shape index (κ2) is 4.60. The molecule has 1 unspecified atom stereocenters. The molecular weight excluding hydrogens is 279 g/mol. The summed E-state index contributed by atoms with van der Waals surface area (Å²) in [4.78, 5) is 10.6. The summed E-state index contributed by atoms with van der Waals surface area (Å²) in [6.45, 7) is 2.11. The lowest BCUT2D eigenvalue weighted by molar-refractivity contribution is 0.0697. The van der Waals surface area contributed by atoms with Crippen molar-refractivity contribution in [3.05, 3.63) is 35.4 Å². The zero-order valence-corrected chi connectivity index (χ0v) is 9.48. The van der Waals surface area contributed by atoms with E-state index in [-0.39, 0.29) is 0 Å². The highest BCUT2D eigenvalue weighted by Gasteiger charge is 2.04. The second-order valence-corrected chi connectivity index (χ2v) is 5.12. The van der Waals surface area contributed by atoms with E-state index in [1.165, 1.54) is 0 Å². The van der Waals surface area contributed by atoms with Gasteiger partial charge in [0.15, 0.2) is 0 Å². The number of halogens is 1. The van der Waals surface area contributed by atoms with Crippen LogP contribution in [0.4, 0.5) is 0 Å². The van der Waals surface area contributed by atoms with E-state index in [2.05, 4.69) is 29.5 Å². The van der Waals surface area contributed by atoms with Crippen LogP contribution >= 0.6 is 22.6 Å². The van der Waals surface area contributed by atoms with Crippen LogP contribution in [0, 0.1) is 0 Å². The number of alkyl halides is 1. The third-order valence-electron chi connectivity index (χ3n) is 1.69. The summed E-state index contributed by atoms with van der Waals surface area (Å²) in [7, 11) is 0. The molecule has 0 aliphatic heterocycles. The predicted molar refractivity (Wildman–Crippen MR) is 60.6 cm³/mol. The number of aromatic carboxylic acids is 1. The Hall–Kier alpha value is -0.580. The average molecular weight is 290 g/mol. The maximum atomic E-state index is 10.6. The summed E-state index contributed by atoms with van der Waals surface area (Å²) in [5, 5.41) is 8.74. The molecule has 0 heterocycles. The number of hydrogen-bond acceptors (Lipinski definition) is 1. The van der Waals surface area contributed by atoms with E-state index < -0.39 is 5.97 Å². The molecule has 0 aromatic heterocycles. The Morgan fingerprint density at radius 2 is 2.31 bits per heavy atom. The summed E-state index contributed by atoms with van der Waals surface area (Å²) in [6, 6.07) is 7.10. The van der Waals surface area contributed by atoms with Crippen LogP contribution in [0.3, 0.4) is 0 Å². The van der Waals surface area contributed by atoms with Crippen molar-refractivity contribution in [2.45, 2.75) is 17.3 Å². The van der Waals surface area contributed by atoms with Crippen LogP contribution in [-0.4, -0.2) is 15.0 Å². The molecule has 0 radical (unpaired) electrons. The number of rotatable bonds is 3. The second-order valence-electron chi connectivity index (χ2n) is 2.99. The topological polar surface area (TPSA) is 37.3 Å². The first-order valence-electron chi connectivity index (χ1n) is 4.06. The number of benzene rings is 1. The van der Waals surface area contributed by atoms with Crippen molar-refractivity contribution in [2.75, 3.05) is 0 Å². The van der Waals surface area contributed by atoms with Crippen LogP contribution in [0.5, 0.6) is 0 Å². The average Bonchev–Trinajstić information content (AvgIpc) is 2.03. The van der Waals surface area contributed by atoms with Crippen LogP contribution in [0.1, 0.15) is 22.8 Å². The summed E-state index contributed by atoms with van der Waals surface area (Å²) < 4.78 is 0.529. The molecule has 0 saturated heterocycles. The van der Waals surface area contributed by atoms with Gasteiger partial charge in [-0.3, -0.25) is 0 Å². The van der Waals surface area contributed by atoms with Gasteiger partial charge in [0.2, 0.25) is 0 Å². The Morgan fingerprint density at radius 3 is 2.85 bits per heavy atom. The Bertz CT molecular complexity index is 308. The molecule has 0 amide bonds. The van der Waals surface area contributed by atoms with Crippen molar-refractivity contribution in [2.24, 2.45) is 0 Å². The van der Waals surface area contributed by atoms with Gasteiger partial charge in [0.1, 0.15) is 0 Å². The van der Waals surface area contributed by atoms with Crippen molar-refractivity contribution < 1.29 is 9.90 Å². The Balaban J connectivity index is 2.85. The molecule has 0 bridgehead atoms. The highest BCUT2D eigenvalue weighted by atomic mass is 127. The van der Waals surface area contributed by atoms with Crippen molar-refractivity contribution in [1.82, 2.24) is 0 Å². The lowest BCUT2D eigenvalue weighted by Gasteiger charge is -2.03. The van der Waals surface area contributed by atoms with Crippen LogP contribution < -0.4 is 0 Å². The van der Waals surface area contributed by atoms with Gasteiger partial charge in [-0.1, -0.05) is 41.6 Å². The van der Waals surface area contributed by atoms with Gasteiger partial charge >= 0.3 is 5.97 Å². The van der Waals surface area contributed by atoms with Gasteiger partial charge in [-0.25, -0.2) is 4.79 Å². The summed E-state index contributed by atoms with van der Waals surface area (Å²) in [6.07, 6.45) is 0.918. The fourth-order valence-electron chi connectivity index (χ4n) is 1.16. The fraction of sp³-hybridized carbons (Fsp3) is 0.300. The molecule has 3 heteroatoms. The third kappa shape index (κ3) is 3.34. The normalized spacial score (nSPS) is 12.5. The quantitative estimate of drug-likeness (QED) is 0.686. The number of carboxylic acid groups (broad SMARTS) is 1. The molecule has 0 spiro atoms. The monoisotopic (exact) mass is 290 g/mol. The molecule has 1 N–H and O–H groups in total. The van der Waals surface area contributed by atoms with E-state index in [9.17, 15) is 4.79 Å². The lowest BCUT2D eigenvalue weighted by Crippen LogP contribution is -2.00. The van der Waals surface area contributed by atoms with Gasteiger partial charge in [0.25, 0.3) is 0 Å². The molecule has 2 nitrogen and oxygen atoms in total. The van der Waals surface area contributed by atoms with Crippen molar-refractivity contribution in [3.8, 4) is 0 Å². The van der Waals surface area contributed by atoms with E-state index in [1.54, 1.807) is 18.2 Å². The van der Waals surface area contributed by atoms with E-state index in [4.69, 9.17) is 5.11 Å². The molecule has 0 saturated carbocycles. The van der Waals surface area contributed by atoms with Gasteiger partial charge in [0, 0.05) is 3.92 Å². The molecule has 13 heavy (non-hydrogen) atoms. The van der Waals surface area contributed by atoms with E-state index >= 15 is 0 Å². The van der Waals surface area contributed by atoms with Gasteiger partial charge in [-0.05, 0) is 24.1 Å². The predicted octanol–water partition coefficient (Wildman–Crippen LogP) is 2.75. The minimum absolute atomic E-state index is 0.370. The molecular formula is C10H11IO2. The molecule has 1 aromatic carbocycles. The van der Waals surface area contributed by atoms with Gasteiger partial charge in [-0.15, -0.1) is 0 Å². The molecule has 0 fully saturated rings. The molecule has 0 aliphatic carbocycles. The highest BCUT2D eigenvalue weighted by molar-refractivity contribution is 14.1. The van der Waals surface area contributed by atoms with E-state index in [0.717, 1.165) is 12.0 Å². The number of carboxylic acids is 1. The van der Waals surface area contributed by atoms with E-state index in [1.807, 2.05) is 6.07 Å². The summed E-state index contributed by atoms with van der Waals surface area (Å²) in [5.41, 5.74) is 1.45. The minimum Gasteiger partial charge on any atom is -0.478 e. The van der Waals surface area contributed by atoms with Gasteiger partial charge < -0.3 is 5.11 Å². The largest absolute Gasteiger partial charge is 0.478 e. The number of carbonyl (C=O) groups is 1. The lowest BCUT2D eigenvalue weighted by atomic mass is 10.1. The smallest absolute Gasteiger partial charge is 0.335 e. The zero-order chi connectivity index (χ0) is 9.84.